The standard InChI is InChI=1S/C21H29NO5/c1-4-27-20(24)12-10-17-18(13-23)21(25)14(2)22-19(17)11-7-15-5-8-16(26-3)9-6-15/h5-6,8-9,14,21,23,25H,4,7,10-13H2,1-3H3. The zero-order chi connectivity index (χ0) is 19.8. The maximum atomic E-state index is 11.8. The van der Waals surface area contributed by atoms with Crippen LogP contribution in [0.2, 0.25) is 0 Å². The van der Waals surface area contributed by atoms with Crippen LogP contribution in [0.15, 0.2) is 40.4 Å². The number of benzene rings is 1. The summed E-state index contributed by atoms with van der Waals surface area (Å²) in [5, 5.41) is 20.2. The molecule has 2 atom stereocenters. The van der Waals surface area contributed by atoms with E-state index in [1.54, 1.807) is 14.0 Å². The molecular weight excluding hydrogens is 346 g/mol. The molecule has 0 fully saturated rings. The molecular formula is C21H29NO5. The Balaban J connectivity index is 2.14. The number of dihydropyridines is 1. The van der Waals surface area contributed by atoms with Crippen molar-refractivity contribution in [1.82, 2.24) is 0 Å². The van der Waals surface area contributed by atoms with Crippen molar-refractivity contribution in [2.45, 2.75) is 51.7 Å². The lowest BCUT2D eigenvalue weighted by Gasteiger charge is -2.28. The number of hydrogen-bond donors (Lipinski definition) is 2. The van der Waals surface area contributed by atoms with Crippen LogP contribution in [-0.2, 0) is 16.0 Å². The van der Waals surface area contributed by atoms with E-state index in [0.29, 0.717) is 25.0 Å². The van der Waals surface area contributed by atoms with Gasteiger partial charge in [-0.2, -0.15) is 0 Å². The number of aliphatic imine (C=N–C) groups is 1. The lowest BCUT2D eigenvalue weighted by molar-refractivity contribution is -0.143. The predicted molar refractivity (Wildman–Crippen MR) is 104 cm³/mol. The average Bonchev–Trinajstić information content (AvgIpc) is 2.68. The zero-order valence-electron chi connectivity index (χ0n) is 16.3. The second-order valence-corrected chi connectivity index (χ2v) is 6.58. The van der Waals surface area contributed by atoms with E-state index >= 15 is 0 Å². The Hall–Kier alpha value is -2.18. The van der Waals surface area contributed by atoms with Gasteiger partial charge in [-0.3, -0.25) is 9.79 Å². The van der Waals surface area contributed by atoms with E-state index in [9.17, 15) is 15.0 Å². The number of carbonyl (C=O) groups is 1. The molecule has 0 spiro atoms. The van der Waals surface area contributed by atoms with E-state index in [4.69, 9.17) is 9.47 Å². The number of esters is 1. The van der Waals surface area contributed by atoms with Crippen LogP contribution in [0.25, 0.3) is 0 Å². The Morgan fingerprint density at radius 2 is 1.89 bits per heavy atom. The molecule has 0 bridgehead atoms. The van der Waals surface area contributed by atoms with Crippen molar-refractivity contribution in [1.29, 1.82) is 0 Å². The van der Waals surface area contributed by atoms with Crippen molar-refractivity contribution >= 4 is 11.7 Å². The van der Waals surface area contributed by atoms with Gasteiger partial charge in [-0.15, -0.1) is 0 Å². The highest BCUT2D eigenvalue weighted by molar-refractivity contribution is 6.02. The Kier molecular flexibility index (Phi) is 8.00. The summed E-state index contributed by atoms with van der Waals surface area (Å²) in [6.45, 7) is 3.69. The largest absolute Gasteiger partial charge is 0.497 e. The molecule has 6 heteroatoms. The smallest absolute Gasteiger partial charge is 0.306 e. The van der Waals surface area contributed by atoms with Crippen LogP contribution < -0.4 is 4.74 Å². The van der Waals surface area contributed by atoms with Gasteiger partial charge in [0.25, 0.3) is 0 Å². The van der Waals surface area contributed by atoms with E-state index in [0.717, 1.165) is 29.0 Å². The number of rotatable bonds is 9. The fourth-order valence-corrected chi connectivity index (χ4v) is 3.27. The van der Waals surface area contributed by atoms with Crippen LogP contribution in [0.5, 0.6) is 5.75 Å². The number of nitrogens with zero attached hydrogens (tertiary/aromatic N) is 1. The van der Waals surface area contributed by atoms with Crippen molar-refractivity contribution < 1.29 is 24.5 Å². The van der Waals surface area contributed by atoms with Crippen molar-refractivity contribution in [3.05, 3.63) is 41.0 Å². The summed E-state index contributed by atoms with van der Waals surface area (Å²) >= 11 is 0. The molecule has 2 N–H and O–H groups in total. The topological polar surface area (TPSA) is 88.4 Å². The maximum Gasteiger partial charge on any atom is 0.306 e. The van der Waals surface area contributed by atoms with Crippen LogP contribution in [0.4, 0.5) is 0 Å². The van der Waals surface area contributed by atoms with Gasteiger partial charge >= 0.3 is 5.97 Å². The molecule has 148 valence electrons. The van der Waals surface area contributed by atoms with E-state index in [1.807, 2.05) is 31.2 Å². The van der Waals surface area contributed by atoms with Crippen LogP contribution in [0.1, 0.15) is 38.7 Å². The molecule has 2 unspecified atom stereocenters. The molecule has 2 rings (SSSR count). The Labute approximate surface area is 160 Å². The van der Waals surface area contributed by atoms with Crippen molar-refractivity contribution in [3.63, 3.8) is 0 Å². The Morgan fingerprint density at radius 3 is 2.48 bits per heavy atom. The second-order valence-electron chi connectivity index (χ2n) is 6.58. The quantitative estimate of drug-likeness (QED) is 0.647. The normalized spacial score (nSPS) is 19.7. The number of methoxy groups -OCH3 is 1. The van der Waals surface area contributed by atoms with Gasteiger partial charge in [-0.05, 0) is 62.0 Å². The summed E-state index contributed by atoms with van der Waals surface area (Å²) in [5.74, 6) is 0.521. The van der Waals surface area contributed by atoms with Crippen molar-refractivity contribution in [3.8, 4) is 5.75 Å². The SMILES string of the molecule is CCOC(=O)CCC1=C(CO)C(O)C(C)N=C1CCc1ccc(OC)cc1. The molecule has 1 aromatic carbocycles. The van der Waals surface area contributed by atoms with Gasteiger partial charge in [-0.25, -0.2) is 0 Å². The Morgan fingerprint density at radius 1 is 1.19 bits per heavy atom. The summed E-state index contributed by atoms with van der Waals surface area (Å²) in [4.78, 5) is 16.4. The van der Waals surface area contributed by atoms with Gasteiger partial charge < -0.3 is 19.7 Å². The fraction of sp³-hybridized carbons (Fsp3) is 0.524. The first kappa shape index (κ1) is 21.1. The number of aliphatic hydroxyl groups excluding tert-OH is 2. The summed E-state index contributed by atoms with van der Waals surface area (Å²) in [7, 11) is 1.63. The third-order valence-electron chi connectivity index (χ3n) is 4.77. The average molecular weight is 375 g/mol. The molecule has 0 aliphatic carbocycles. The number of ether oxygens (including phenoxy) is 2. The zero-order valence-corrected chi connectivity index (χ0v) is 16.3. The lowest BCUT2D eigenvalue weighted by Crippen LogP contribution is -2.33. The van der Waals surface area contributed by atoms with Crippen LogP contribution in [-0.4, -0.2) is 54.4 Å². The third kappa shape index (κ3) is 5.65. The molecule has 0 amide bonds. The first-order chi connectivity index (χ1) is 13.0. The minimum Gasteiger partial charge on any atom is -0.497 e. The van der Waals surface area contributed by atoms with Gasteiger partial charge in [0.15, 0.2) is 0 Å². The monoisotopic (exact) mass is 375 g/mol. The van der Waals surface area contributed by atoms with E-state index in [1.165, 1.54) is 0 Å². The van der Waals surface area contributed by atoms with Crippen LogP contribution >= 0.6 is 0 Å². The number of allylic oxidation sites excluding steroid dienone is 1. The molecule has 6 nitrogen and oxygen atoms in total. The fourth-order valence-electron chi connectivity index (χ4n) is 3.27. The van der Waals surface area contributed by atoms with E-state index in [2.05, 4.69) is 4.99 Å². The summed E-state index contributed by atoms with van der Waals surface area (Å²) in [6.07, 6.45) is 1.23. The first-order valence-corrected chi connectivity index (χ1v) is 9.36. The van der Waals surface area contributed by atoms with Gasteiger partial charge in [0.1, 0.15) is 5.75 Å². The summed E-state index contributed by atoms with van der Waals surface area (Å²) < 4.78 is 10.2. The first-order valence-electron chi connectivity index (χ1n) is 9.36. The second kappa shape index (κ2) is 10.2. The summed E-state index contributed by atoms with van der Waals surface area (Å²) in [5.41, 5.74) is 3.33. The van der Waals surface area contributed by atoms with E-state index in [-0.39, 0.29) is 25.0 Å². The predicted octanol–water partition coefficient (Wildman–Crippen LogP) is 2.46. The van der Waals surface area contributed by atoms with Gasteiger partial charge in [0.2, 0.25) is 0 Å². The number of aryl methyl sites for hydroxylation is 1. The van der Waals surface area contributed by atoms with Crippen molar-refractivity contribution in [2.75, 3.05) is 20.3 Å². The molecule has 1 aliphatic rings. The van der Waals surface area contributed by atoms with Gasteiger partial charge in [-0.1, -0.05) is 12.1 Å². The number of hydrogen-bond acceptors (Lipinski definition) is 6. The minimum atomic E-state index is -0.822. The highest BCUT2D eigenvalue weighted by Gasteiger charge is 2.28. The van der Waals surface area contributed by atoms with Gasteiger partial charge in [0.05, 0.1) is 32.5 Å². The highest BCUT2D eigenvalue weighted by atomic mass is 16.5. The third-order valence-corrected chi connectivity index (χ3v) is 4.77. The van der Waals surface area contributed by atoms with Gasteiger partial charge in [0, 0.05) is 12.1 Å². The number of aliphatic hydroxyl groups is 2. The van der Waals surface area contributed by atoms with Crippen LogP contribution in [0, 0.1) is 0 Å². The molecule has 0 radical (unpaired) electrons. The highest BCUT2D eigenvalue weighted by Crippen LogP contribution is 2.27. The summed E-state index contributed by atoms with van der Waals surface area (Å²) in [6, 6.07) is 7.54. The lowest BCUT2D eigenvalue weighted by atomic mass is 9.87. The molecule has 27 heavy (non-hydrogen) atoms. The molecule has 1 aliphatic heterocycles. The molecule has 0 saturated heterocycles. The molecule has 1 aromatic rings. The van der Waals surface area contributed by atoms with E-state index < -0.39 is 6.10 Å². The van der Waals surface area contributed by atoms with Crippen LogP contribution in [0.3, 0.4) is 0 Å². The Bertz CT molecular complexity index is 693. The molecule has 1 heterocycles. The molecule has 0 saturated carbocycles. The minimum absolute atomic E-state index is 0.204. The maximum absolute atomic E-state index is 11.8. The van der Waals surface area contributed by atoms with Crippen molar-refractivity contribution in [2.24, 2.45) is 4.99 Å². The number of carbonyl (C=O) groups excluding carboxylic acids is 1. The molecule has 0 aromatic heterocycles.